The summed E-state index contributed by atoms with van der Waals surface area (Å²) in [7, 11) is 0. The third-order valence-electron chi connectivity index (χ3n) is 9.69. The molecular formula is C34H32F2N6O2. The second-order valence-corrected chi connectivity index (χ2v) is 12.7. The van der Waals surface area contributed by atoms with Crippen LogP contribution in [0.1, 0.15) is 31.2 Å². The van der Waals surface area contributed by atoms with Gasteiger partial charge in [-0.3, -0.25) is 9.88 Å². The molecule has 4 saturated heterocycles. The number of piperazine rings is 1. The van der Waals surface area contributed by atoms with Gasteiger partial charge in [-0.1, -0.05) is 30.2 Å². The summed E-state index contributed by atoms with van der Waals surface area (Å²) < 4.78 is 37.5. The molecule has 224 valence electrons. The summed E-state index contributed by atoms with van der Waals surface area (Å²) >= 11 is 0. The molecule has 0 unspecified atom stereocenters. The maximum absolute atomic E-state index is 16.8. The summed E-state index contributed by atoms with van der Waals surface area (Å²) in [6.45, 7) is 6.73. The maximum Gasteiger partial charge on any atom is 0.319 e. The highest BCUT2D eigenvalue weighted by atomic mass is 19.1. The van der Waals surface area contributed by atoms with Crippen LogP contribution in [0.5, 0.6) is 11.8 Å². The third-order valence-corrected chi connectivity index (χ3v) is 9.69. The Morgan fingerprint density at radius 1 is 1.18 bits per heavy atom. The van der Waals surface area contributed by atoms with Gasteiger partial charge in [0.1, 0.15) is 35.6 Å². The number of ether oxygens (including phenoxy) is 1. The van der Waals surface area contributed by atoms with E-state index in [0.717, 1.165) is 31.5 Å². The van der Waals surface area contributed by atoms with Gasteiger partial charge in [0, 0.05) is 67.4 Å². The molecule has 8 rings (SSSR count). The number of benzene rings is 2. The molecule has 4 atom stereocenters. The number of terminal acetylenes is 1. The van der Waals surface area contributed by atoms with Gasteiger partial charge in [-0.2, -0.15) is 9.97 Å². The minimum Gasteiger partial charge on any atom is -0.508 e. The lowest BCUT2D eigenvalue weighted by molar-refractivity contribution is 0.107. The SMILES string of the molecule is C#Cc1cccc2cc(O)cc(-c3ncc4c(N5C[C@H]6CC[C@@H](C5)N6)nc(OC[C@@]56CC(=C)CN5C[C@H](F)C6)nc4c3F)c12. The molecule has 4 aliphatic heterocycles. The van der Waals surface area contributed by atoms with Gasteiger partial charge in [0.2, 0.25) is 0 Å². The summed E-state index contributed by atoms with van der Waals surface area (Å²) in [4.78, 5) is 18.2. The minimum atomic E-state index is -0.938. The number of fused-ring (bicyclic) bond motifs is 5. The Bertz CT molecular complexity index is 1880. The zero-order valence-corrected chi connectivity index (χ0v) is 24.2. The fourth-order valence-corrected chi connectivity index (χ4v) is 7.85. The highest BCUT2D eigenvalue weighted by Crippen LogP contribution is 2.43. The number of alkyl halides is 1. The molecule has 2 aromatic heterocycles. The van der Waals surface area contributed by atoms with Crippen molar-refractivity contribution in [3.63, 3.8) is 0 Å². The first-order valence-electron chi connectivity index (χ1n) is 15.1. The molecule has 0 saturated carbocycles. The molecule has 8 nitrogen and oxygen atoms in total. The van der Waals surface area contributed by atoms with Crippen LogP contribution in [-0.2, 0) is 0 Å². The van der Waals surface area contributed by atoms with Crippen molar-refractivity contribution in [2.75, 3.05) is 37.7 Å². The van der Waals surface area contributed by atoms with Gasteiger partial charge in [-0.05, 0) is 42.8 Å². The van der Waals surface area contributed by atoms with Gasteiger partial charge >= 0.3 is 6.01 Å². The van der Waals surface area contributed by atoms with Gasteiger partial charge in [0.15, 0.2) is 5.82 Å². The summed E-state index contributed by atoms with van der Waals surface area (Å²) in [6, 6.07) is 9.12. The van der Waals surface area contributed by atoms with Gasteiger partial charge in [-0.25, -0.2) is 8.78 Å². The van der Waals surface area contributed by atoms with E-state index in [1.54, 1.807) is 24.4 Å². The fraction of sp³-hybridized carbons (Fsp3) is 0.382. The van der Waals surface area contributed by atoms with Crippen LogP contribution in [0.25, 0.3) is 32.9 Å². The zero-order valence-electron chi connectivity index (χ0n) is 24.2. The van der Waals surface area contributed by atoms with E-state index in [4.69, 9.17) is 16.1 Å². The number of aromatic hydroxyl groups is 1. The molecule has 2 bridgehead atoms. The van der Waals surface area contributed by atoms with E-state index in [2.05, 4.69) is 37.6 Å². The zero-order chi connectivity index (χ0) is 30.2. The number of hydrogen-bond acceptors (Lipinski definition) is 8. The summed E-state index contributed by atoms with van der Waals surface area (Å²) in [5.41, 5.74) is 1.54. The highest BCUT2D eigenvalue weighted by molar-refractivity contribution is 6.02. The predicted octanol–water partition coefficient (Wildman–Crippen LogP) is 4.73. The topological polar surface area (TPSA) is 86.6 Å². The lowest BCUT2D eigenvalue weighted by atomic mass is 9.93. The molecule has 10 heteroatoms. The van der Waals surface area contributed by atoms with Gasteiger partial charge in [0.05, 0.1) is 10.9 Å². The van der Waals surface area contributed by atoms with E-state index < -0.39 is 17.5 Å². The van der Waals surface area contributed by atoms with E-state index in [9.17, 15) is 9.50 Å². The van der Waals surface area contributed by atoms with Crippen LogP contribution in [0.4, 0.5) is 14.6 Å². The Morgan fingerprint density at radius 3 is 2.80 bits per heavy atom. The fourth-order valence-electron chi connectivity index (χ4n) is 7.85. The standard InChI is InChI=1S/C34H32F2N6O2/c1-3-20-5-4-6-21-9-25(43)10-26(28(20)21)30-29(36)31-27(13-37-30)32(41-16-23-7-8-24(17-41)38-23)40-33(39-31)44-18-34-11-19(2)14-42(34)15-22(35)12-34/h1,4-6,9-10,13,22-24,38,43H,2,7-8,11-12,14-18H2/t22-,23-,24+,34+/m1/s1. The van der Waals surface area contributed by atoms with Crippen molar-refractivity contribution in [3.05, 3.63) is 60.1 Å². The molecule has 4 aliphatic rings. The molecule has 44 heavy (non-hydrogen) atoms. The van der Waals surface area contributed by atoms with E-state index in [-0.39, 0.29) is 29.6 Å². The van der Waals surface area contributed by atoms with Crippen LogP contribution in [0.3, 0.4) is 0 Å². The summed E-state index contributed by atoms with van der Waals surface area (Å²) in [6.07, 6.45) is 9.59. The van der Waals surface area contributed by atoms with Gasteiger partial charge in [-0.15, -0.1) is 6.42 Å². The number of pyridine rings is 1. The van der Waals surface area contributed by atoms with Crippen LogP contribution in [0.2, 0.25) is 0 Å². The Morgan fingerprint density at radius 2 is 2.00 bits per heavy atom. The largest absolute Gasteiger partial charge is 0.508 e. The number of nitrogens with one attached hydrogen (secondary N) is 1. The molecule has 4 aromatic rings. The number of hydrogen-bond donors (Lipinski definition) is 2. The smallest absolute Gasteiger partial charge is 0.319 e. The Labute approximate surface area is 253 Å². The van der Waals surface area contributed by atoms with Crippen molar-refractivity contribution in [1.82, 2.24) is 25.2 Å². The second kappa shape index (κ2) is 10.1. The molecule has 2 N–H and O–H groups in total. The van der Waals surface area contributed by atoms with Crippen LogP contribution >= 0.6 is 0 Å². The average Bonchev–Trinajstić information content (AvgIpc) is 3.61. The third kappa shape index (κ3) is 4.37. The maximum atomic E-state index is 16.8. The lowest BCUT2D eigenvalue weighted by Gasteiger charge is -2.34. The van der Waals surface area contributed by atoms with Crippen LogP contribution in [0.15, 0.2) is 48.7 Å². The summed E-state index contributed by atoms with van der Waals surface area (Å²) in [5, 5.41) is 15.9. The van der Waals surface area contributed by atoms with E-state index in [1.165, 1.54) is 6.07 Å². The molecule has 6 heterocycles. The number of phenolic OH excluding ortho intramolecular Hbond substituents is 1. The van der Waals surface area contributed by atoms with Crippen LogP contribution in [-0.4, -0.2) is 81.5 Å². The van der Waals surface area contributed by atoms with Crippen molar-refractivity contribution in [2.45, 2.75) is 49.5 Å². The van der Waals surface area contributed by atoms with Crippen molar-refractivity contribution >= 4 is 27.5 Å². The average molecular weight is 595 g/mol. The number of halogens is 2. The second-order valence-electron chi connectivity index (χ2n) is 12.7. The van der Waals surface area contributed by atoms with Crippen molar-refractivity contribution in [3.8, 4) is 35.4 Å². The lowest BCUT2D eigenvalue weighted by Crippen LogP contribution is -2.51. The number of rotatable bonds is 5. The Balaban J connectivity index is 1.26. The molecule has 0 amide bonds. The Hall–Kier alpha value is -4.33. The number of nitrogens with zero attached hydrogens (tertiary/aromatic N) is 5. The molecular weight excluding hydrogens is 562 g/mol. The minimum absolute atomic E-state index is 0.0185. The number of phenols is 1. The molecule has 0 aliphatic carbocycles. The van der Waals surface area contributed by atoms with E-state index >= 15 is 4.39 Å². The first-order valence-corrected chi connectivity index (χ1v) is 15.1. The van der Waals surface area contributed by atoms with Crippen molar-refractivity contribution in [1.29, 1.82) is 0 Å². The highest BCUT2D eigenvalue weighted by Gasteiger charge is 2.50. The van der Waals surface area contributed by atoms with Crippen LogP contribution in [0, 0.1) is 18.2 Å². The molecule has 0 spiro atoms. The van der Waals surface area contributed by atoms with E-state index in [0.29, 0.717) is 71.1 Å². The van der Waals surface area contributed by atoms with Gasteiger partial charge < -0.3 is 20.1 Å². The van der Waals surface area contributed by atoms with Crippen LogP contribution < -0.4 is 15.0 Å². The molecule has 0 radical (unpaired) electrons. The molecule has 2 aromatic carbocycles. The van der Waals surface area contributed by atoms with E-state index in [1.807, 2.05) is 6.07 Å². The van der Waals surface area contributed by atoms with Crippen molar-refractivity contribution < 1.29 is 18.6 Å². The van der Waals surface area contributed by atoms with Gasteiger partial charge in [0.25, 0.3) is 0 Å². The summed E-state index contributed by atoms with van der Waals surface area (Å²) in [5.74, 6) is 2.54. The van der Waals surface area contributed by atoms with Crippen molar-refractivity contribution in [2.24, 2.45) is 0 Å². The predicted molar refractivity (Wildman–Crippen MR) is 165 cm³/mol. The first kappa shape index (κ1) is 27.2. The normalized spacial score (nSPS) is 26.4. The Kier molecular flexibility index (Phi) is 6.26. The number of aromatic nitrogens is 3. The number of anilines is 1. The quantitative estimate of drug-likeness (QED) is 0.253. The monoisotopic (exact) mass is 594 g/mol. The first-order chi connectivity index (χ1) is 21.3. The molecule has 4 fully saturated rings.